The first kappa shape index (κ1) is 14.0. The monoisotopic (exact) mass is 303 g/mol. The van der Waals surface area contributed by atoms with E-state index in [0.29, 0.717) is 13.1 Å². The van der Waals surface area contributed by atoms with Crippen LogP contribution in [0.3, 0.4) is 0 Å². The molecular formula is C20H17NO2. The molecule has 0 bridgehead atoms. The van der Waals surface area contributed by atoms with Gasteiger partial charge in [-0.05, 0) is 37.9 Å². The number of carboxylic acids is 1. The minimum Gasteiger partial charge on any atom is -0.481 e. The van der Waals surface area contributed by atoms with Crippen molar-refractivity contribution in [3.8, 4) is 0 Å². The number of aliphatic carboxylic acids is 1. The van der Waals surface area contributed by atoms with E-state index in [0.717, 1.165) is 0 Å². The summed E-state index contributed by atoms with van der Waals surface area (Å²) in [6, 6.07) is 19.4. The summed E-state index contributed by atoms with van der Waals surface area (Å²) in [5.74, 6) is -0.770. The van der Waals surface area contributed by atoms with Crippen LogP contribution in [0.5, 0.6) is 0 Å². The Morgan fingerprint density at radius 2 is 1.52 bits per heavy atom. The average Bonchev–Trinajstić information content (AvgIpc) is 2.57. The van der Waals surface area contributed by atoms with Crippen molar-refractivity contribution in [3.63, 3.8) is 0 Å². The van der Waals surface area contributed by atoms with Crippen LogP contribution in [0.15, 0.2) is 54.6 Å². The molecule has 0 radical (unpaired) electrons. The Morgan fingerprint density at radius 1 is 0.870 bits per heavy atom. The molecule has 0 saturated carbocycles. The second-order valence-corrected chi connectivity index (χ2v) is 5.90. The summed E-state index contributed by atoms with van der Waals surface area (Å²) in [5, 5.41) is 19.6. The molecule has 23 heavy (non-hydrogen) atoms. The molecule has 0 amide bonds. The molecule has 0 unspecified atom stereocenters. The highest BCUT2D eigenvalue weighted by atomic mass is 16.4. The third-order valence-electron chi connectivity index (χ3n) is 4.45. The molecule has 4 rings (SSSR count). The largest absolute Gasteiger partial charge is 0.481 e. The highest BCUT2D eigenvalue weighted by Gasteiger charge is 2.10. The molecule has 2 N–H and O–H groups in total. The van der Waals surface area contributed by atoms with Crippen molar-refractivity contribution in [1.29, 1.82) is 0 Å². The van der Waals surface area contributed by atoms with E-state index in [2.05, 4.69) is 59.9 Å². The molecule has 0 heterocycles. The summed E-state index contributed by atoms with van der Waals surface area (Å²) < 4.78 is 0. The highest BCUT2D eigenvalue weighted by Crippen LogP contribution is 2.35. The second-order valence-electron chi connectivity index (χ2n) is 5.90. The van der Waals surface area contributed by atoms with Gasteiger partial charge in [0, 0.05) is 13.1 Å². The first-order valence-electron chi connectivity index (χ1n) is 7.82. The highest BCUT2D eigenvalue weighted by molar-refractivity contribution is 6.23. The number of nitrogens with one attached hydrogen (secondary N) is 1. The lowest BCUT2D eigenvalue weighted by Gasteiger charge is -2.14. The number of rotatable bonds is 5. The van der Waals surface area contributed by atoms with Gasteiger partial charge in [0.1, 0.15) is 0 Å². The lowest BCUT2D eigenvalue weighted by Crippen LogP contribution is -2.17. The first-order valence-corrected chi connectivity index (χ1v) is 7.82. The van der Waals surface area contributed by atoms with Gasteiger partial charge in [-0.25, -0.2) is 0 Å². The van der Waals surface area contributed by atoms with Crippen molar-refractivity contribution >= 4 is 38.3 Å². The van der Waals surface area contributed by atoms with Crippen LogP contribution in [0, 0.1) is 0 Å². The van der Waals surface area contributed by atoms with Crippen LogP contribution in [0.1, 0.15) is 12.0 Å². The summed E-state index contributed by atoms with van der Waals surface area (Å²) in [4.78, 5) is 10.6. The van der Waals surface area contributed by atoms with Crippen molar-refractivity contribution in [2.24, 2.45) is 0 Å². The second kappa shape index (κ2) is 5.52. The Hall–Kier alpha value is -2.65. The molecule has 4 aromatic carbocycles. The van der Waals surface area contributed by atoms with Crippen molar-refractivity contribution in [2.45, 2.75) is 13.0 Å². The van der Waals surface area contributed by atoms with Crippen molar-refractivity contribution in [3.05, 3.63) is 60.2 Å². The Morgan fingerprint density at radius 3 is 2.26 bits per heavy atom. The molecule has 0 saturated heterocycles. The van der Waals surface area contributed by atoms with Crippen LogP contribution in [0.4, 0.5) is 0 Å². The fourth-order valence-corrected chi connectivity index (χ4v) is 3.37. The molecule has 0 aliphatic rings. The number of hydrogen-bond donors (Lipinski definition) is 2. The topological polar surface area (TPSA) is 49.3 Å². The molecule has 0 aromatic heterocycles. The summed E-state index contributed by atoms with van der Waals surface area (Å²) in [6.45, 7) is 1.17. The Labute approximate surface area is 133 Å². The molecule has 0 fully saturated rings. The summed E-state index contributed by atoms with van der Waals surface area (Å²) >= 11 is 0. The van der Waals surface area contributed by atoms with Crippen LogP contribution < -0.4 is 5.32 Å². The SMILES string of the molecule is O=C(O)CCNCc1ccc2ccc3cccc4ccc1c2c34. The van der Waals surface area contributed by atoms with Crippen LogP contribution in [0.2, 0.25) is 0 Å². The van der Waals surface area contributed by atoms with Crippen LogP contribution >= 0.6 is 0 Å². The Balaban J connectivity index is 1.81. The minimum atomic E-state index is -0.770. The zero-order valence-corrected chi connectivity index (χ0v) is 12.7. The van der Waals surface area contributed by atoms with Gasteiger partial charge in [-0.15, -0.1) is 0 Å². The van der Waals surface area contributed by atoms with E-state index in [1.807, 2.05) is 0 Å². The Bertz CT molecular complexity index is 991. The van der Waals surface area contributed by atoms with Gasteiger partial charge in [0.2, 0.25) is 0 Å². The molecule has 3 nitrogen and oxygen atoms in total. The molecule has 3 heteroatoms. The van der Waals surface area contributed by atoms with E-state index in [-0.39, 0.29) is 6.42 Å². The van der Waals surface area contributed by atoms with Crippen molar-refractivity contribution in [1.82, 2.24) is 5.32 Å². The van der Waals surface area contributed by atoms with Gasteiger partial charge in [0.15, 0.2) is 0 Å². The van der Waals surface area contributed by atoms with E-state index in [4.69, 9.17) is 5.11 Å². The van der Waals surface area contributed by atoms with Gasteiger partial charge < -0.3 is 10.4 Å². The normalized spacial score (nSPS) is 11.7. The van der Waals surface area contributed by atoms with Gasteiger partial charge in [-0.2, -0.15) is 0 Å². The minimum absolute atomic E-state index is 0.145. The molecular weight excluding hydrogens is 286 g/mol. The molecule has 0 spiro atoms. The maximum atomic E-state index is 10.6. The lowest BCUT2D eigenvalue weighted by molar-refractivity contribution is -0.136. The van der Waals surface area contributed by atoms with Gasteiger partial charge in [0.05, 0.1) is 6.42 Å². The first-order chi connectivity index (χ1) is 11.2. The quantitative estimate of drug-likeness (QED) is 0.430. The predicted octanol–water partition coefficient (Wildman–Crippen LogP) is 4.15. The molecule has 114 valence electrons. The number of benzene rings is 4. The van der Waals surface area contributed by atoms with Gasteiger partial charge >= 0.3 is 5.97 Å². The fraction of sp³-hybridized carbons (Fsp3) is 0.150. The van der Waals surface area contributed by atoms with Crippen molar-refractivity contribution < 1.29 is 9.90 Å². The van der Waals surface area contributed by atoms with Gasteiger partial charge in [0.25, 0.3) is 0 Å². The number of carbonyl (C=O) groups is 1. The summed E-state index contributed by atoms with van der Waals surface area (Å²) in [7, 11) is 0. The molecule has 0 aliphatic heterocycles. The van der Waals surface area contributed by atoms with Crippen molar-refractivity contribution in [2.75, 3.05) is 6.54 Å². The predicted molar refractivity (Wildman–Crippen MR) is 94.1 cm³/mol. The van der Waals surface area contributed by atoms with Gasteiger partial charge in [-0.3, -0.25) is 4.79 Å². The van der Waals surface area contributed by atoms with E-state index in [9.17, 15) is 4.79 Å². The van der Waals surface area contributed by atoms with E-state index in [1.54, 1.807) is 0 Å². The van der Waals surface area contributed by atoms with E-state index in [1.165, 1.54) is 37.9 Å². The third-order valence-corrected chi connectivity index (χ3v) is 4.45. The van der Waals surface area contributed by atoms with E-state index < -0.39 is 5.97 Å². The fourth-order valence-electron chi connectivity index (χ4n) is 3.37. The Kier molecular flexibility index (Phi) is 3.36. The zero-order chi connectivity index (χ0) is 15.8. The summed E-state index contributed by atoms with van der Waals surface area (Å²) in [6.07, 6.45) is 0.145. The maximum absolute atomic E-state index is 10.6. The van der Waals surface area contributed by atoms with Crippen LogP contribution in [-0.2, 0) is 11.3 Å². The van der Waals surface area contributed by atoms with Gasteiger partial charge in [-0.1, -0.05) is 54.6 Å². The van der Waals surface area contributed by atoms with E-state index >= 15 is 0 Å². The lowest BCUT2D eigenvalue weighted by atomic mass is 9.92. The maximum Gasteiger partial charge on any atom is 0.304 e. The smallest absolute Gasteiger partial charge is 0.304 e. The molecule has 0 atom stereocenters. The number of carboxylic acid groups (broad SMARTS) is 1. The zero-order valence-electron chi connectivity index (χ0n) is 12.7. The number of hydrogen-bond acceptors (Lipinski definition) is 2. The average molecular weight is 303 g/mol. The molecule has 0 aliphatic carbocycles. The third kappa shape index (κ3) is 2.39. The van der Waals surface area contributed by atoms with Crippen LogP contribution in [0.25, 0.3) is 32.3 Å². The standard InChI is InChI=1S/C20H17NO2/c22-18(23)10-11-21-12-16-7-6-15-5-4-13-2-1-3-14-8-9-17(16)20(15)19(13)14/h1-9,21H,10-12H2,(H,22,23). The van der Waals surface area contributed by atoms with Crippen LogP contribution in [-0.4, -0.2) is 17.6 Å². The molecule has 4 aromatic rings. The summed E-state index contributed by atoms with van der Waals surface area (Å²) in [5.41, 5.74) is 1.21.